The van der Waals surface area contributed by atoms with Crippen LogP contribution in [0.2, 0.25) is 0 Å². The van der Waals surface area contributed by atoms with Crippen LogP contribution in [0.1, 0.15) is 51.0 Å². The molecule has 0 heterocycles. The van der Waals surface area contributed by atoms with Crippen molar-refractivity contribution < 1.29 is 17.9 Å². The van der Waals surface area contributed by atoms with Crippen molar-refractivity contribution in [1.82, 2.24) is 10.0 Å². The van der Waals surface area contributed by atoms with Gasteiger partial charge in [-0.1, -0.05) is 25.7 Å². The normalized spacial score (nSPS) is 17.6. The number of hydrogen-bond acceptors (Lipinski definition) is 4. The summed E-state index contributed by atoms with van der Waals surface area (Å²) >= 11 is 0. The van der Waals surface area contributed by atoms with Crippen LogP contribution in [0.5, 0.6) is 5.75 Å². The summed E-state index contributed by atoms with van der Waals surface area (Å²) in [6.07, 6.45) is 6.54. The monoisotopic (exact) mass is 368 g/mol. The smallest absolute Gasteiger partial charge is 0.241 e. The Hall–Kier alpha value is -1.60. The molecule has 2 N–H and O–H groups in total. The first-order chi connectivity index (χ1) is 11.8. The van der Waals surface area contributed by atoms with Crippen LogP contribution in [0.3, 0.4) is 0 Å². The van der Waals surface area contributed by atoms with Crippen molar-refractivity contribution in [3.05, 3.63) is 23.8 Å². The van der Waals surface area contributed by atoms with Crippen LogP contribution in [0, 0.1) is 6.92 Å². The van der Waals surface area contributed by atoms with Crippen LogP contribution < -0.4 is 14.8 Å². The van der Waals surface area contributed by atoms with Gasteiger partial charge in [0.25, 0.3) is 0 Å². The molecule has 1 fully saturated rings. The summed E-state index contributed by atoms with van der Waals surface area (Å²) in [4.78, 5) is 12.5. The van der Waals surface area contributed by atoms with Crippen molar-refractivity contribution in [3.63, 3.8) is 0 Å². The van der Waals surface area contributed by atoms with E-state index >= 15 is 0 Å². The second kappa shape index (κ2) is 8.67. The van der Waals surface area contributed by atoms with Gasteiger partial charge in [0, 0.05) is 6.04 Å². The Morgan fingerprint density at radius 2 is 1.84 bits per heavy atom. The zero-order valence-corrected chi connectivity index (χ0v) is 16.0. The summed E-state index contributed by atoms with van der Waals surface area (Å²) < 4.78 is 32.6. The van der Waals surface area contributed by atoms with Gasteiger partial charge in [0.2, 0.25) is 15.9 Å². The lowest BCUT2D eigenvalue weighted by Crippen LogP contribution is -2.47. The van der Waals surface area contributed by atoms with Gasteiger partial charge in [-0.25, -0.2) is 8.42 Å². The molecule has 1 aromatic rings. The van der Waals surface area contributed by atoms with E-state index in [4.69, 9.17) is 4.74 Å². The number of aryl methyl sites for hydroxylation is 1. The van der Waals surface area contributed by atoms with Crippen LogP contribution in [0.4, 0.5) is 0 Å². The molecule has 0 aliphatic heterocycles. The van der Waals surface area contributed by atoms with Gasteiger partial charge in [0.1, 0.15) is 5.75 Å². The maximum atomic E-state index is 12.5. The van der Waals surface area contributed by atoms with E-state index in [0.29, 0.717) is 5.75 Å². The van der Waals surface area contributed by atoms with Gasteiger partial charge in [-0.3, -0.25) is 4.79 Å². The summed E-state index contributed by atoms with van der Waals surface area (Å²) in [6, 6.07) is 3.95. The van der Waals surface area contributed by atoms with Gasteiger partial charge < -0.3 is 10.1 Å². The highest BCUT2D eigenvalue weighted by Gasteiger charge is 2.24. The van der Waals surface area contributed by atoms with E-state index in [1.807, 2.05) is 0 Å². The topological polar surface area (TPSA) is 84.5 Å². The number of sulfonamides is 1. The minimum atomic E-state index is -3.77. The number of carbonyl (C=O) groups is 1. The Labute approximate surface area is 150 Å². The fraction of sp³-hybridized carbons (Fsp3) is 0.611. The summed E-state index contributed by atoms with van der Waals surface area (Å²) in [5, 5.41) is 2.98. The largest absolute Gasteiger partial charge is 0.496 e. The lowest BCUT2D eigenvalue weighted by Gasteiger charge is -2.20. The third-order valence-corrected chi connectivity index (χ3v) is 6.14. The summed E-state index contributed by atoms with van der Waals surface area (Å²) in [7, 11) is -2.23. The molecule has 25 heavy (non-hydrogen) atoms. The highest BCUT2D eigenvalue weighted by Crippen LogP contribution is 2.21. The Balaban J connectivity index is 2.01. The second-order valence-electron chi connectivity index (χ2n) is 6.67. The first-order valence-corrected chi connectivity index (χ1v) is 10.3. The first-order valence-electron chi connectivity index (χ1n) is 8.81. The van der Waals surface area contributed by atoms with E-state index < -0.39 is 16.1 Å². The third-order valence-electron chi connectivity index (χ3n) is 4.60. The van der Waals surface area contributed by atoms with Crippen molar-refractivity contribution in [2.24, 2.45) is 0 Å². The number of ether oxygens (including phenoxy) is 1. The number of benzene rings is 1. The second-order valence-corrected chi connectivity index (χ2v) is 8.39. The lowest BCUT2D eigenvalue weighted by atomic mass is 10.1. The Morgan fingerprint density at radius 1 is 1.20 bits per heavy atom. The zero-order valence-electron chi connectivity index (χ0n) is 15.2. The van der Waals surface area contributed by atoms with Crippen molar-refractivity contribution in [2.75, 3.05) is 7.11 Å². The fourth-order valence-electron chi connectivity index (χ4n) is 3.12. The summed E-state index contributed by atoms with van der Waals surface area (Å²) in [5.41, 5.74) is 0.723. The van der Waals surface area contributed by atoms with E-state index in [2.05, 4.69) is 10.0 Å². The standard InChI is InChI=1S/C18H28N2O4S/c1-13-12-16(10-11-17(13)24-3)25(22,23)20-14(2)18(21)19-15-8-6-4-5-7-9-15/h10-12,14-15,20H,4-9H2,1-3H3,(H,19,21)/t14-/m1/s1. The first kappa shape index (κ1) is 19.7. The minimum absolute atomic E-state index is 0.125. The summed E-state index contributed by atoms with van der Waals surface area (Å²) in [6.45, 7) is 3.35. The fourth-order valence-corrected chi connectivity index (χ4v) is 4.41. The van der Waals surface area contributed by atoms with Crippen molar-refractivity contribution in [1.29, 1.82) is 0 Å². The molecule has 0 saturated heterocycles. The molecule has 6 nitrogen and oxygen atoms in total. The van der Waals surface area contributed by atoms with Gasteiger partial charge in [0.05, 0.1) is 18.0 Å². The van der Waals surface area contributed by atoms with E-state index in [1.54, 1.807) is 19.9 Å². The number of nitrogens with one attached hydrogen (secondary N) is 2. The molecule has 0 spiro atoms. The van der Waals surface area contributed by atoms with Crippen molar-refractivity contribution in [3.8, 4) is 5.75 Å². The quantitative estimate of drug-likeness (QED) is 0.756. The van der Waals surface area contributed by atoms with Gasteiger partial charge >= 0.3 is 0 Å². The molecule has 0 radical (unpaired) electrons. The molecule has 1 atom stereocenters. The SMILES string of the molecule is COc1ccc(S(=O)(=O)N[C@H](C)C(=O)NC2CCCCCC2)cc1C. The minimum Gasteiger partial charge on any atom is -0.496 e. The third kappa shape index (κ3) is 5.44. The Morgan fingerprint density at radius 3 is 2.40 bits per heavy atom. The predicted octanol–water partition coefficient (Wildman–Crippen LogP) is 2.51. The lowest BCUT2D eigenvalue weighted by molar-refractivity contribution is -0.123. The molecular weight excluding hydrogens is 340 g/mol. The maximum absolute atomic E-state index is 12.5. The number of carbonyl (C=O) groups excluding carboxylic acids is 1. The van der Waals surface area contributed by atoms with Gasteiger partial charge in [-0.05, 0) is 50.5 Å². The number of rotatable bonds is 6. The molecule has 1 aliphatic carbocycles. The molecular formula is C18H28N2O4S. The molecule has 0 unspecified atom stereocenters. The van der Waals surface area contributed by atoms with Crippen molar-refractivity contribution >= 4 is 15.9 Å². The highest BCUT2D eigenvalue weighted by molar-refractivity contribution is 7.89. The van der Waals surface area contributed by atoms with Crippen LogP contribution in [-0.2, 0) is 14.8 Å². The Bertz CT molecular complexity index is 695. The molecule has 140 valence electrons. The Kier molecular flexibility index (Phi) is 6.84. The molecule has 2 rings (SSSR count). The molecule has 1 saturated carbocycles. The van der Waals surface area contributed by atoms with Gasteiger partial charge in [-0.15, -0.1) is 0 Å². The van der Waals surface area contributed by atoms with Crippen molar-refractivity contribution in [2.45, 2.75) is 69.4 Å². The summed E-state index contributed by atoms with van der Waals surface area (Å²) in [5.74, 6) is 0.346. The van der Waals surface area contributed by atoms with Crippen LogP contribution in [-0.4, -0.2) is 33.5 Å². The number of hydrogen-bond donors (Lipinski definition) is 2. The number of amides is 1. The van der Waals surface area contributed by atoms with Gasteiger partial charge in [-0.2, -0.15) is 4.72 Å². The van der Waals surface area contributed by atoms with E-state index in [0.717, 1.165) is 31.2 Å². The average Bonchev–Trinajstić information content (AvgIpc) is 2.83. The molecule has 1 aliphatic rings. The molecule has 1 amide bonds. The van der Waals surface area contributed by atoms with E-state index in [9.17, 15) is 13.2 Å². The maximum Gasteiger partial charge on any atom is 0.241 e. The molecule has 0 aromatic heterocycles. The molecule has 0 bridgehead atoms. The molecule has 7 heteroatoms. The van der Waals surface area contributed by atoms with Crippen LogP contribution >= 0.6 is 0 Å². The van der Waals surface area contributed by atoms with Crippen LogP contribution in [0.25, 0.3) is 0 Å². The molecule has 1 aromatic carbocycles. The average molecular weight is 368 g/mol. The predicted molar refractivity (Wildman–Crippen MR) is 97.1 cm³/mol. The van der Waals surface area contributed by atoms with Crippen LogP contribution in [0.15, 0.2) is 23.1 Å². The number of methoxy groups -OCH3 is 1. The van der Waals surface area contributed by atoms with E-state index in [1.165, 1.54) is 32.1 Å². The van der Waals surface area contributed by atoms with E-state index in [-0.39, 0.29) is 16.8 Å². The zero-order chi connectivity index (χ0) is 18.4. The van der Waals surface area contributed by atoms with Gasteiger partial charge in [0.15, 0.2) is 0 Å². The highest BCUT2D eigenvalue weighted by atomic mass is 32.2.